The van der Waals surface area contributed by atoms with Crippen LogP contribution >= 0.6 is 0 Å². The van der Waals surface area contributed by atoms with E-state index < -0.39 is 0 Å². The molecule has 19 heavy (non-hydrogen) atoms. The first-order valence-electron chi connectivity index (χ1n) is 8.00. The van der Waals surface area contributed by atoms with Crippen molar-refractivity contribution in [3.8, 4) is 0 Å². The number of likely N-dealkylation sites (tertiary alicyclic amines) is 1. The molecule has 0 aliphatic carbocycles. The predicted octanol–water partition coefficient (Wildman–Crippen LogP) is 1.37. The fraction of sp³-hybridized carbons (Fsp3) is 0.933. The number of piperidine rings is 2. The highest BCUT2D eigenvalue weighted by molar-refractivity contribution is 5.78. The van der Waals surface area contributed by atoms with Gasteiger partial charge in [-0.15, -0.1) is 0 Å². The van der Waals surface area contributed by atoms with Gasteiger partial charge in [0, 0.05) is 25.0 Å². The summed E-state index contributed by atoms with van der Waals surface area (Å²) in [7, 11) is 0. The fourth-order valence-corrected chi connectivity index (χ4v) is 3.21. The highest BCUT2D eigenvalue weighted by Gasteiger charge is 2.21. The summed E-state index contributed by atoms with van der Waals surface area (Å²) in [5.74, 6) is 0.517. The number of carbonyl (C=O) groups is 1. The molecule has 0 radical (unpaired) electrons. The van der Waals surface area contributed by atoms with Crippen molar-refractivity contribution < 1.29 is 4.79 Å². The monoisotopic (exact) mass is 267 g/mol. The van der Waals surface area contributed by atoms with Crippen LogP contribution in [0.3, 0.4) is 0 Å². The Hall–Kier alpha value is -0.610. The van der Waals surface area contributed by atoms with Gasteiger partial charge in [-0.05, 0) is 58.7 Å². The van der Waals surface area contributed by atoms with Crippen molar-refractivity contribution in [2.45, 2.75) is 51.5 Å². The largest absolute Gasteiger partial charge is 0.356 e. The fourth-order valence-electron chi connectivity index (χ4n) is 3.21. The molecule has 1 atom stereocenters. The van der Waals surface area contributed by atoms with E-state index in [1.807, 2.05) is 0 Å². The third-order valence-corrected chi connectivity index (χ3v) is 4.57. The van der Waals surface area contributed by atoms with E-state index in [9.17, 15) is 4.79 Å². The number of hydrogen-bond acceptors (Lipinski definition) is 3. The van der Waals surface area contributed by atoms with Crippen LogP contribution in [0.15, 0.2) is 0 Å². The quantitative estimate of drug-likeness (QED) is 0.739. The molecule has 0 aromatic carbocycles. The molecule has 4 nitrogen and oxygen atoms in total. The van der Waals surface area contributed by atoms with E-state index in [1.54, 1.807) is 0 Å². The SMILES string of the molecule is CC1CCCCN1CCCNC(=O)C1CCNCC1. The van der Waals surface area contributed by atoms with E-state index in [1.165, 1.54) is 25.8 Å². The first-order chi connectivity index (χ1) is 9.27. The van der Waals surface area contributed by atoms with Gasteiger partial charge in [-0.25, -0.2) is 0 Å². The Morgan fingerprint density at radius 1 is 1.26 bits per heavy atom. The number of nitrogens with one attached hydrogen (secondary N) is 2. The Morgan fingerprint density at radius 3 is 2.79 bits per heavy atom. The Morgan fingerprint density at radius 2 is 2.05 bits per heavy atom. The molecule has 4 heteroatoms. The molecular weight excluding hydrogens is 238 g/mol. The second kappa shape index (κ2) is 7.85. The van der Waals surface area contributed by atoms with Crippen molar-refractivity contribution in [3.63, 3.8) is 0 Å². The lowest BCUT2D eigenvalue weighted by Crippen LogP contribution is -2.41. The maximum atomic E-state index is 12.0. The summed E-state index contributed by atoms with van der Waals surface area (Å²) >= 11 is 0. The second-order valence-corrected chi connectivity index (χ2v) is 6.05. The Bertz CT molecular complexity index is 277. The standard InChI is InChI=1S/C15H29N3O/c1-13-5-2-3-11-18(13)12-4-8-17-15(19)14-6-9-16-10-7-14/h13-14,16H,2-12H2,1H3,(H,17,19). The highest BCUT2D eigenvalue weighted by Crippen LogP contribution is 2.16. The lowest BCUT2D eigenvalue weighted by atomic mass is 9.97. The zero-order chi connectivity index (χ0) is 13.5. The summed E-state index contributed by atoms with van der Waals surface area (Å²) in [4.78, 5) is 14.5. The van der Waals surface area contributed by atoms with Crippen molar-refractivity contribution in [3.05, 3.63) is 0 Å². The minimum absolute atomic E-state index is 0.246. The van der Waals surface area contributed by atoms with Crippen molar-refractivity contribution >= 4 is 5.91 Å². The average Bonchev–Trinajstić information content (AvgIpc) is 2.46. The Labute approximate surface area is 117 Å². The van der Waals surface area contributed by atoms with Crippen LogP contribution < -0.4 is 10.6 Å². The van der Waals surface area contributed by atoms with Crippen molar-refractivity contribution in [1.82, 2.24) is 15.5 Å². The molecule has 2 N–H and O–H groups in total. The van der Waals surface area contributed by atoms with E-state index in [4.69, 9.17) is 0 Å². The van der Waals surface area contributed by atoms with Crippen LogP contribution in [0.2, 0.25) is 0 Å². The molecule has 0 spiro atoms. The maximum absolute atomic E-state index is 12.0. The smallest absolute Gasteiger partial charge is 0.223 e. The van der Waals surface area contributed by atoms with Crippen LogP contribution in [0, 0.1) is 5.92 Å². The normalized spacial score (nSPS) is 26.3. The summed E-state index contributed by atoms with van der Waals surface area (Å²) in [6.07, 6.45) is 7.13. The molecule has 0 saturated carbocycles. The summed E-state index contributed by atoms with van der Waals surface area (Å²) in [6.45, 7) is 7.52. The van der Waals surface area contributed by atoms with Crippen molar-refractivity contribution in [2.75, 3.05) is 32.7 Å². The zero-order valence-corrected chi connectivity index (χ0v) is 12.3. The third kappa shape index (κ3) is 4.77. The van der Waals surface area contributed by atoms with Crippen molar-refractivity contribution in [2.24, 2.45) is 5.92 Å². The lowest BCUT2D eigenvalue weighted by Gasteiger charge is -2.33. The number of carbonyl (C=O) groups excluding carboxylic acids is 1. The molecule has 2 heterocycles. The Kier molecular flexibility index (Phi) is 6.11. The number of rotatable bonds is 5. The molecule has 2 saturated heterocycles. The van der Waals surface area contributed by atoms with Gasteiger partial charge in [-0.3, -0.25) is 4.79 Å². The van der Waals surface area contributed by atoms with Gasteiger partial charge < -0.3 is 15.5 Å². The van der Waals surface area contributed by atoms with E-state index in [0.29, 0.717) is 0 Å². The van der Waals surface area contributed by atoms with Crippen LogP contribution in [0.25, 0.3) is 0 Å². The van der Waals surface area contributed by atoms with Gasteiger partial charge in [0.05, 0.1) is 0 Å². The van der Waals surface area contributed by atoms with E-state index in [0.717, 1.165) is 51.5 Å². The molecule has 2 aliphatic rings. The Balaban J connectivity index is 1.56. The molecule has 2 fully saturated rings. The zero-order valence-electron chi connectivity index (χ0n) is 12.3. The predicted molar refractivity (Wildman–Crippen MR) is 78.1 cm³/mol. The van der Waals surface area contributed by atoms with Crippen LogP contribution in [0.4, 0.5) is 0 Å². The molecule has 0 aromatic rings. The maximum Gasteiger partial charge on any atom is 0.223 e. The van der Waals surface area contributed by atoms with Crippen molar-refractivity contribution in [1.29, 1.82) is 0 Å². The van der Waals surface area contributed by atoms with Gasteiger partial charge in [0.15, 0.2) is 0 Å². The van der Waals surface area contributed by atoms with E-state index in [2.05, 4.69) is 22.5 Å². The van der Waals surface area contributed by atoms with Gasteiger partial charge in [0.25, 0.3) is 0 Å². The number of amides is 1. The molecule has 2 aliphatic heterocycles. The molecule has 2 rings (SSSR count). The van der Waals surface area contributed by atoms with Gasteiger partial charge in [-0.2, -0.15) is 0 Å². The molecular formula is C15H29N3O. The molecule has 0 aromatic heterocycles. The van der Waals surface area contributed by atoms with Crippen LogP contribution in [-0.4, -0.2) is 49.6 Å². The third-order valence-electron chi connectivity index (χ3n) is 4.57. The summed E-state index contributed by atoms with van der Waals surface area (Å²) in [5, 5.41) is 6.41. The molecule has 1 amide bonds. The van der Waals surface area contributed by atoms with Gasteiger partial charge >= 0.3 is 0 Å². The first kappa shape index (κ1) is 14.8. The van der Waals surface area contributed by atoms with E-state index >= 15 is 0 Å². The molecule has 110 valence electrons. The average molecular weight is 267 g/mol. The minimum atomic E-state index is 0.246. The number of nitrogens with zero attached hydrogens (tertiary/aromatic N) is 1. The molecule has 0 bridgehead atoms. The van der Waals surface area contributed by atoms with Crippen LogP contribution in [0.5, 0.6) is 0 Å². The topological polar surface area (TPSA) is 44.4 Å². The van der Waals surface area contributed by atoms with Gasteiger partial charge in [0.2, 0.25) is 5.91 Å². The summed E-state index contributed by atoms with van der Waals surface area (Å²) in [5.41, 5.74) is 0. The van der Waals surface area contributed by atoms with Crippen LogP contribution in [-0.2, 0) is 4.79 Å². The summed E-state index contributed by atoms with van der Waals surface area (Å²) in [6, 6.07) is 0.730. The van der Waals surface area contributed by atoms with Crippen LogP contribution in [0.1, 0.15) is 45.4 Å². The lowest BCUT2D eigenvalue weighted by molar-refractivity contribution is -0.125. The second-order valence-electron chi connectivity index (χ2n) is 6.05. The molecule has 1 unspecified atom stereocenters. The first-order valence-corrected chi connectivity index (χ1v) is 8.00. The van der Waals surface area contributed by atoms with Gasteiger partial charge in [0.1, 0.15) is 0 Å². The van der Waals surface area contributed by atoms with E-state index in [-0.39, 0.29) is 11.8 Å². The summed E-state index contributed by atoms with van der Waals surface area (Å²) < 4.78 is 0. The highest BCUT2D eigenvalue weighted by atomic mass is 16.1. The number of hydrogen-bond donors (Lipinski definition) is 2. The van der Waals surface area contributed by atoms with Gasteiger partial charge in [-0.1, -0.05) is 6.42 Å². The minimum Gasteiger partial charge on any atom is -0.356 e.